The maximum atomic E-state index is 12.4. The molecule has 0 radical (unpaired) electrons. The van der Waals surface area contributed by atoms with Crippen molar-refractivity contribution in [1.29, 1.82) is 0 Å². The van der Waals surface area contributed by atoms with Crippen molar-refractivity contribution in [2.24, 2.45) is 16.6 Å². The fraction of sp³-hybridized carbons (Fsp3) is 0.867. The number of nitrogens with two attached hydrogens (primary N) is 1. The second-order valence-electron chi connectivity index (χ2n) is 6.55. The Kier molecular flexibility index (Phi) is 4.37. The molecule has 0 aromatic rings. The van der Waals surface area contributed by atoms with Gasteiger partial charge in [0.05, 0.1) is 5.41 Å². The topological polar surface area (TPSA) is 83.6 Å². The predicted molar refractivity (Wildman–Crippen MR) is 76.1 cm³/mol. The molecule has 1 amide bonds. The van der Waals surface area contributed by atoms with Crippen LogP contribution in [0.4, 0.5) is 0 Å². The van der Waals surface area contributed by atoms with E-state index >= 15 is 0 Å². The predicted octanol–water partition coefficient (Wildman–Crippen LogP) is 1.61. The number of carboxylic acid groups (broad SMARTS) is 1. The maximum Gasteiger partial charge on any atom is 0.309 e. The lowest BCUT2D eigenvalue weighted by Crippen LogP contribution is -2.49. The number of carbonyl (C=O) groups excluding carboxylic acids is 1. The highest BCUT2D eigenvalue weighted by Crippen LogP contribution is 2.44. The van der Waals surface area contributed by atoms with E-state index in [4.69, 9.17) is 5.73 Å². The minimum Gasteiger partial charge on any atom is -0.481 e. The van der Waals surface area contributed by atoms with Crippen LogP contribution in [-0.2, 0) is 9.59 Å². The molecule has 114 valence electrons. The molecule has 1 aliphatic carbocycles. The number of likely N-dealkylation sites (tertiary alicyclic amines) is 1. The van der Waals surface area contributed by atoms with Crippen molar-refractivity contribution < 1.29 is 14.7 Å². The van der Waals surface area contributed by atoms with E-state index in [-0.39, 0.29) is 11.3 Å². The number of carbonyl (C=O) groups is 2. The highest BCUT2D eigenvalue weighted by molar-refractivity contribution is 5.79. The zero-order valence-electron chi connectivity index (χ0n) is 12.4. The number of rotatable bonds is 5. The highest BCUT2D eigenvalue weighted by Gasteiger charge is 2.43. The SMILES string of the molecule is CCC1(C(=O)O)CCN(C(=O)CC2(CN)CCC2)CC1. The Morgan fingerprint density at radius 3 is 2.15 bits per heavy atom. The molecule has 0 aromatic heterocycles. The third kappa shape index (κ3) is 2.68. The Hall–Kier alpha value is -1.10. The molecule has 20 heavy (non-hydrogen) atoms. The van der Waals surface area contributed by atoms with Crippen molar-refractivity contribution in [2.75, 3.05) is 19.6 Å². The van der Waals surface area contributed by atoms with E-state index in [2.05, 4.69) is 0 Å². The van der Waals surface area contributed by atoms with E-state index in [0.29, 0.717) is 45.3 Å². The standard InChI is InChI=1S/C15H26N2O3/c1-2-15(13(19)20)6-8-17(9-7-15)12(18)10-14(11-16)4-3-5-14/h2-11,16H2,1H3,(H,19,20). The van der Waals surface area contributed by atoms with Gasteiger partial charge in [0.1, 0.15) is 0 Å². The maximum absolute atomic E-state index is 12.4. The van der Waals surface area contributed by atoms with E-state index < -0.39 is 11.4 Å². The van der Waals surface area contributed by atoms with Crippen LogP contribution in [-0.4, -0.2) is 41.5 Å². The van der Waals surface area contributed by atoms with E-state index in [0.717, 1.165) is 12.8 Å². The smallest absolute Gasteiger partial charge is 0.309 e. The second-order valence-corrected chi connectivity index (χ2v) is 6.55. The van der Waals surface area contributed by atoms with Crippen LogP contribution in [0.25, 0.3) is 0 Å². The van der Waals surface area contributed by atoms with Crippen molar-refractivity contribution in [2.45, 2.75) is 51.9 Å². The first-order chi connectivity index (χ1) is 9.47. The van der Waals surface area contributed by atoms with Crippen LogP contribution in [0.5, 0.6) is 0 Å². The molecule has 1 saturated carbocycles. The summed E-state index contributed by atoms with van der Waals surface area (Å²) in [6.07, 6.45) is 5.59. The van der Waals surface area contributed by atoms with Gasteiger partial charge in [-0.25, -0.2) is 0 Å². The van der Waals surface area contributed by atoms with Crippen LogP contribution in [0.15, 0.2) is 0 Å². The summed E-state index contributed by atoms with van der Waals surface area (Å²) in [5.74, 6) is -0.560. The number of piperidine rings is 1. The zero-order chi connectivity index (χ0) is 14.8. The van der Waals surface area contributed by atoms with Gasteiger partial charge in [-0.15, -0.1) is 0 Å². The molecule has 1 aliphatic heterocycles. The molecule has 2 fully saturated rings. The molecule has 0 spiro atoms. The number of hydrogen-bond acceptors (Lipinski definition) is 3. The summed E-state index contributed by atoms with van der Waals surface area (Å²) in [6.45, 7) is 3.64. The molecule has 0 unspecified atom stereocenters. The lowest BCUT2D eigenvalue weighted by atomic mass is 9.66. The Labute approximate surface area is 120 Å². The molecule has 1 saturated heterocycles. The second kappa shape index (κ2) is 5.72. The Bertz CT molecular complexity index is 377. The number of nitrogens with zero attached hydrogens (tertiary/aromatic N) is 1. The molecule has 3 N–H and O–H groups in total. The fourth-order valence-electron chi connectivity index (χ4n) is 3.47. The molecule has 0 atom stereocenters. The number of hydrogen-bond donors (Lipinski definition) is 2. The molecule has 5 heteroatoms. The summed E-state index contributed by atoms with van der Waals surface area (Å²) in [7, 11) is 0. The van der Waals surface area contributed by atoms with Gasteiger partial charge >= 0.3 is 5.97 Å². The van der Waals surface area contributed by atoms with Crippen molar-refractivity contribution in [3.8, 4) is 0 Å². The quantitative estimate of drug-likeness (QED) is 0.802. The largest absolute Gasteiger partial charge is 0.481 e. The van der Waals surface area contributed by atoms with E-state index in [1.807, 2.05) is 11.8 Å². The van der Waals surface area contributed by atoms with Crippen LogP contribution in [0, 0.1) is 10.8 Å². The van der Waals surface area contributed by atoms with Crippen LogP contribution in [0.2, 0.25) is 0 Å². The fourth-order valence-corrected chi connectivity index (χ4v) is 3.47. The Morgan fingerprint density at radius 1 is 1.20 bits per heavy atom. The van der Waals surface area contributed by atoms with Crippen LogP contribution in [0.1, 0.15) is 51.9 Å². The molecule has 1 heterocycles. The van der Waals surface area contributed by atoms with Gasteiger partial charge in [0, 0.05) is 19.5 Å². The van der Waals surface area contributed by atoms with E-state index in [1.54, 1.807) is 0 Å². The number of amides is 1. The minimum atomic E-state index is -0.718. The first-order valence-electron chi connectivity index (χ1n) is 7.68. The van der Waals surface area contributed by atoms with Crippen molar-refractivity contribution in [1.82, 2.24) is 4.90 Å². The van der Waals surface area contributed by atoms with Gasteiger partial charge in [-0.1, -0.05) is 13.3 Å². The third-order valence-electron chi connectivity index (χ3n) is 5.58. The average Bonchev–Trinajstić information content (AvgIpc) is 2.42. The van der Waals surface area contributed by atoms with E-state index in [1.165, 1.54) is 6.42 Å². The first kappa shape index (κ1) is 15.3. The number of carboxylic acids is 1. The summed E-state index contributed by atoms with van der Waals surface area (Å²) in [5.41, 5.74) is 5.21. The highest BCUT2D eigenvalue weighted by atomic mass is 16.4. The molecule has 0 bridgehead atoms. The summed E-state index contributed by atoms with van der Waals surface area (Å²) in [5, 5.41) is 9.37. The van der Waals surface area contributed by atoms with Crippen LogP contribution in [0.3, 0.4) is 0 Å². The first-order valence-corrected chi connectivity index (χ1v) is 7.68. The van der Waals surface area contributed by atoms with Crippen molar-refractivity contribution >= 4 is 11.9 Å². The normalized spacial score (nSPS) is 24.0. The van der Waals surface area contributed by atoms with Gasteiger partial charge in [0.2, 0.25) is 5.91 Å². The summed E-state index contributed by atoms with van der Waals surface area (Å²) in [6, 6.07) is 0. The summed E-state index contributed by atoms with van der Waals surface area (Å²) >= 11 is 0. The van der Waals surface area contributed by atoms with Crippen LogP contribution >= 0.6 is 0 Å². The van der Waals surface area contributed by atoms with Gasteiger partial charge in [0.15, 0.2) is 0 Å². The molecule has 0 aromatic carbocycles. The third-order valence-corrected chi connectivity index (χ3v) is 5.58. The Morgan fingerprint density at radius 2 is 1.80 bits per heavy atom. The zero-order valence-corrected chi connectivity index (χ0v) is 12.4. The van der Waals surface area contributed by atoms with Gasteiger partial charge in [0.25, 0.3) is 0 Å². The summed E-state index contributed by atoms with van der Waals surface area (Å²) in [4.78, 5) is 25.6. The molecule has 2 rings (SSSR count). The lowest BCUT2D eigenvalue weighted by Gasteiger charge is -2.43. The van der Waals surface area contributed by atoms with Crippen LogP contribution < -0.4 is 5.73 Å². The molecular formula is C15H26N2O3. The average molecular weight is 282 g/mol. The van der Waals surface area contributed by atoms with Gasteiger partial charge < -0.3 is 15.7 Å². The van der Waals surface area contributed by atoms with Gasteiger partial charge in [-0.05, 0) is 44.1 Å². The van der Waals surface area contributed by atoms with Crippen molar-refractivity contribution in [3.63, 3.8) is 0 Å². The van der Waals surface area contributed by atoms with E-state index in [9.17, 15) is 14.7 Å². The minimum absolute atomic E-state index is 0.0309. The summed E-state index contributed by atoms with van der Waals surface area (Å²) < 4.78 is 0. The molecule has 5 nitrogen and oxygen atoms in total. The lowest BCUT2D eigenvalue weighted by molar-refractivity contribution is -0.155. The molecule has 2 aliphatic rings. The van der Waals surface area contributed by atoms with Crippen molar-refractivity contribution in [3.05, 3.63) is 0 Å². The monoisotopic (exact) mass is 282 g/mol. The van der Waals surface area contributed by atoms with Gasteiger partial charge in [-0.3, -0.25) is 9.59 Å². The van der Waals surface area contributed by atoms with Gasteiger partial charge in [-0.2, -0.15) is 0 Å². The number of aliphatic carboxylic acids is 1. The molecular weight excluding hydrogens is 256 g/mol. The Balaban J connectivity index is 1.90.